The molecule has 35 heavy (non-hydrogen) atoms. The number of aromatic amines is 1. The van der Waals surface area contributed by atoms with Gasteiger partial charge in [0.2, 0.25) is 0 Å². The second-order valence-corrected chi connectivity index (χ2v) is 10.1. The van der Waals surface area contributed by atoms with Crippen molar-refractivity contribution in [3.8, 4) is 6.07 Å². The van der Waals surface area contributed by atoms with Crippen LogP contribution in [0.5, 0.6) is 0 Å². The molecule has 2 aromatic heterocycles. The number of fused-ring (bicyclic) bond motifs is 9. The third kappa shape index (κ3) is 2.62. The number of nitrogens with zero attached hydrogens (tertiary/aromatic N) is 5. The van der Waals surface area contributed by atoms with Gasteiger partial charge in [-0.1, -0.05) is 11.6 Å². The number of nitrogens with one attached hydrogen (secondary N) is 1. The van der Waals surface area contributed by atoms with Gasteiger partial charge in [0.05, 0.1) is 39.1 Å². The largest absolute Gasteiger partial charge is 0.364 e. The molecule has 7 rings (SSSR count). The predicted octanol–water partition coefficient (Wildman–Crippen LogP) is 4.23. The number of aromatic nitrogens is 4. The molecule has 5 aromatic rings. The Labute approximate surface area is 204 Å². The maximum atomic E-state index is 12.7. The third-order valence-corrected chi connectivity index (χ3v) is 8.33. The summed E-state index contributed by atoms with van der Waals surface area (Å²) in [6, 6.07) is 9.18. The van der Waals surface area contributed by atoms with Crippen LogP contribution in [0.1, 0.15) is 36.9 Å². The van der Waals surface area contributed by atoms with E-state index in [1.54, 1.807) is 4.68 Å². The zero-order chi connectivity index (χ0) is 24.0. The van der Waals surface area contributed by atoms with Crippen LogP contribution in [0.2, 0.25) is 5.02 Å². The van der Waals surface area contributed by atoms with Crippen molar-refractivity contribution in [3.05, 3.63) is 51.0 Å². The molecule has 3 aromatic carbocycles. The van der Waals surface area contributed by atoms with Crippen LogP contribution >= 0.6 is 11.6 Å². The van der Waals surface area contributed by atoms with Crippen LogP contribution in [0.3, 0.4) is 0 Å². The summed E-state index contributed by atoms with van der Waals surface area (Å²) in [6.45, 7) is 0.198. The fourth-order valence-corrected chi connectivity index (χ4v) is 6.84. The van der Waals surface area contributed by atoms with E-state index in [9.17, 15) is 10.1 Å². The first kappa shape index (κ1) is 20.7. The normalized spacial score (nSPS) is 19.5. The van der Waals surface area contributed by atoms with Crippen molar-refractivity contribution in [2.75, 3.05) is 4.90 Å². The number of anilines is 1. The molecule has 0 unspecified atom stereocenters. The molecule has 0 radical (unpaired) electrons. The molecule has 9 heteroatoms. The first-order valence-corrected chi connectivity index (χ1v) is 12.2. The van der Waals surface area contributed by atoms with E-state index in [1.807, 2.05) is 31.4 Å². The molecule has 0 atom stereocenters. The van der Waals surface area contributed by atoms with E-state index >= 15 is 0 Å². The molecule has 2 aliphatic heterocycles. The molecule has 3 N–H and O–H groups in total. The van der Waals surface area contributed by atoms with Crippen molar-refractivity contribution in [1.29, 1.82) is 5.26 Å². The maximum Gasteiger partial charge on any atom is 0.272 e. The molecule has 2 saturated heterocycles. The standard InChI is InChI=1S/C26H22ClN7O/c1-33-25-19(11-30-33)14-6-15-17(26(35)32-31-21(15)10-29)7-16(14)23-20(27)8-22(18(9-28)24(23)25)34-12-2-3-13(34)5-4-12/h6-8,11-13H,2-5,10,29H2,1H3,(H,32,35). The van der Waals surface area contributed by atoms with E-state index in [-0.39, 0.29) is 12.1 Å². The Morgan fingerprint density at radius 3 is 2.49 bits per heavy atom. The zero-order valence-corrected chi connectivity index (χ0v) is 19.9. The average molecular weight is 484 g/mol. The first-order valence-electron chi connectivity index (χ1n) is 11.8. The number of rotatable bonds is 2. The predicted molar refractivity (Wildman–Crippen MR) is 138 cm³/mol. The summed E-state index contributed by atoms with van der Waals surface area (Å²) in [5.41, 5.74) is 8.62. The van der Waals surface area contributed by atoms with Crippen LogP contribution in [0.4, 0.5) is 5.69 Å². The van der Waals surface area contributed by atoms with Crippen molar-refractivity contribution >= 4 is 60.5 Å². The third-order valence-electron chi connectivity index (χ3n) is 8.04. The Balaban J connectivity index is 1.71. The van der Waals surface area contributed by atoms with Crippen LogP contribution in [-0.4, -0.2) is 32.1 Å². The highest BCUT2D eigenvalue weighted by Crippen LogP contribution is 2.48. The minimum absolute atomic E-state index is 0.198. The molecule has 0 spiro atoms. The van der Waals surface area contributed by atoms with Gasteiger partial charge in [-0.25, -0.2) is 5.10 Å². The monoisotopic (exact) mass is 483 g/mol. The van der Waals surface area contributed by atoms with Gasteiger partial charge in [-0.2, -0.15) is 15.5 Å². The van der Waals surface area contributed by atoms with E-state index in [2.05, 4.69) is 26.3 Å². The molecule has 0 aliphatic carbocycles. The second kappa shape index (κ2) is 7.17. The van der Waals surface area contributed by atoms with Crippen molar-refractivity contribution < 1.29 is 0 Å². The quantitative estimate of drug-likeness (QED) is 0.286. The van der Waals surface area contributed by atoms with Gasteiger partial charge in [-0.3, -0.25) is 9.48 Å². The van der Waals surface area contributed by atoms with E-state index in [0.717, 1.165) is 63.8 Å². The van der Waals surface area contributed by atoms with Gasteiger partial charge in [0.25, 0.3) is 5.56 Å². The Hall–Kier alpha value is -3.67. The average Bonchev–Trinajstić information content (AvgIpc) is 3.58. The van der Waals surface area contributed by atoms with Crippen LogP contribution < -0.4 is 16.2 Å². The van der Waals surface area contributed by atoms with Crippen molar-refractivity contribution in [2.24, 2.45) is 12.8 Å². The highest BCUT2D eigenvalue weighted by atomic mass is 35.5. The lowest BCUT2D eigenvalue weighted by atomic mass is 9.92. The molecular formula is C26H22ClN7O. The van der Waals surface area contributed by atoms with Gasteiger partial charge in [-0.15, -0.1) is 0 Å². The summed E-state index contributed by atoms with van der Waals surface area (Å²) in [6.07, 6.45) is 6.41. The van der Waals surface area contributed by atoms with E-state index in [4.69, 9.17) is 17.3 Å². The number of benzene rings is 3. The molecule has 0 saturated carbocycles. The Bertz CT molecular complexity index is 1810. The Kier molecular flexibility index (Phi) is 4.24. The van der Waals surface area contributed by atoms with Crippen LogP contribution in [0, 0.1) is 11.3 Å². The van der Waals surface area contributed by atoms with Crippen molar-refractivity contribution in [3.63, 3.8) is 0 Å². The lowest BCUT2D eigenvalue weighted by Gasteiger charge is -2.27. The van der Waals surface area contributed by atoms with Gasteiger partial charge >= 0.3 is 0 Å². The number of hydrogen-bond donors (Lipinski definition) is 2. The second-order valence-electron chi connectivity index (χ2n) is 9.66. The minimum Gasteiger partial charge on any atom is -0.364 e. The summed E-state index contributed by atoms with van der Waals surface area (Å²) in [5, 5.41) is 27.6. The molecule has 2 aliphatic rings. The molecule has 2 bridgehead atoms. The number of hydrogen-bond acceptors (Lipinski definition) is 6. The van der Waals surface area contributed by atoms with Crippen molar-refractivity contribution in [1.82, 2.24) is 20.0 Å². The van der Waals surface area contributed by atoms with Crippen LogP contribution in [0.15, 0.2) is 29.2 Å². The SMILES string of the molecule is Cn1ncc2c3cc4c(CN)n[nH]c(=O)c4cc3c3c(Cl)cc(N4C5CCC4CC5)c(C#N)c3c21. The molecule has 8 nitrogen and oxygen atoms in total. The van der Waals surface area contributed by atoms with Crippen LogP contribution in [0.25, 0.3) is 43.2 Å². The Morgan fingerprint density at radius 1 is 1.09 bits per heavy atom. The van der Waals surface area contributed by atoms with E-state index in [1.165, 1.54) is 0 Å². The van der Waals surface area contributed by atoms with E-state index < -0.39 is 0 Å². The fraction of sp³-hybridized carbons (Fsp3) is 0.308. The number of nitrogens with two attached hydrogens (primary N) is 1. The molecular weight excluding hydrogens is 462 g/mol. The van der Waals surface area contributed by atoms with Gasteiger partial charge in [0.1, 0.15) is 6.07 Å². The zero-order valence-electron chi connectivity index (χ0n) is 19.1. The van der Waals surface area contributed by atoms with Gasteiger partial charge in [0.15, 0.2) is 0 Å². The number of aryl methyl sites for hydroxylation is 1. The van der Waals surface area contributed by atoms with E-state index in [0.29, 0.717) is 39.1 Å². The smallest absolute Gasteiger partial charge is 0.272 e. The Morgan fingerprint density at radius 2 is 1.80 bits per heavy atom. The highest BCUT2D eigenvalue weighted by molar-refractivity contribution is 6.42. The van der Waals surface area contributed by atoms with Gasteiger partial charge < -0.3 is 10.6 Å². The lowest BCUT2D eigenvalue weighted by Crippen LogP contribution is -2.28. The number of H-pyrrole nitrogens is 1. The van der Waals surface area contributed by atoms with Crippen molar-refractivity contribution in [2.45, 2.75) is 44.3 Å². The maximum absolute atomic E-state index is 12.7. The highest BCUT2D eigenvalue weighted by Gasteiger charge is 2.41. The van der Waals surface area contributed by atoms with Gasteiger partial charge in [0, 0.05) is 47.2 Å². The number of halogens is 1. The summed E-state index contributed by atoms with van der Waals surface area (Å²) < 4.78 is 1.81. The molecule has 2 fully saturated rings. The number of nitriles is 1. The minimum atomic E-state index is -0.291. The van der Waals surface area contributed by atoms with Gasteiger partial charge in [-0.05, 0) is 54.7 Å². The molecule has 174 valence electrons. The summed E-state index contributed by atoms with van der Waals surface area (Å²) in [7, 11) is 1.88. The summed E-state index contributed by atoms with van der Waals surface area (Å²) >= 11 is 7.05. The molecule has 4 heterocycles. The summed E-state index contributed by atoms with van der Waals surface area (Å²) in [4.78, 5) is 15.2. The first-order chi connectivity index (χ1) is 17.0. The fourth-order valence-electron chi connectivity index (χ4n) is 6.54. The topological polar surface area (TPSA) is 117 Å². The summed E-state index contributed by atoms with van der Waals surface area (Å²) in [5.74, 6) is 0. The molecule has 0 amide bonds. The lowest BCUT2D eigenvalue weighted by molar-refractivity contribution is 0.576. The van der Waals surface area contributed by atoms with Crippen LogP contribution in [-0.2, 0) is 13.6 Å².